The summed E-state index contributed by atoms with van der Waals surface area (Å²) in [6, 6.07) is 10.4. The smallest absolute Gasteiger partial charge is 0.0259 e. The van der Waals surface area contributed by atoms with E-state index in [1.54, 1.807) is 12.4 Å². The lowest BCUT2D eigenvalue weighted by Crippen LogP contribution is -2.12. The number of hydrogen-bond acceptors (Lipinski definition) is 1. The summed E-state index contributed by atoms with van der Waals surface area (Å²) in [5.74, 6) is 0. The Bertz CT molecular complexity index is 261. The second-order valence-corrected chi connectivity index (χ2v) is 2.84. The van der Waals surface area contributed by atoms with Crippen molar-refractivity contribution < 1.29 is 0 Å². The van der Waals surface area contributed by atoms with Gasteiger partial charge in [0.25, 0.3) is 0 Å². The van der Waals surface area contributed by atoms with E-state index in [2.05, 4.69) is 37.4 Å². The standard InChI is InChI=1S/C12H15N.ClH/c1-3-13(4-2)11-10-12-8-6-5-7-9-12;/h3-9H,1-2,10-11H2;1H. The first-order valence-corrected chi connectivity index (χ1v) is 4.41. The number of hydrogen-bond donors (Lipinski definition) is 0. The largest absolute Gasteiger partial charge is 0.355 e. The van der Waals surface area contributed by atoms with Gasteiger partial charge in [-0.2, -0.15) is 0 Å². The molecule has 0 saturated carbocycles. The zero-order chi connectivity index (χ0) is 9.52. The average molecular weight is 210 g/mol. The highest BCUT2D eigenvalue weighted by Crippen LogP contribution is 2.01. The fraction of sp³-hybridized carbons (Fsp3) is 0.167. The Hall–Kier alpha value is -1.21. The Kier molecular flexibility index (Phi) is 6.59. The molecule has 0 aliphatic carbocycles. The van der Waals surface area contributed by atoms with Crippen LogP contribution in [0.25, 0.3) is 0 Å². The Balaban J connectivity index is 0.00000169. The zero-order valence-electron chi connectivity index (χ0n) is 8.23. The third-order valence-electron chi connectivity index (χ3n) is 1.97. The van der Waals surface area contributed by atoms with Crippen LogP contribution in [0.2, 0.25) is 0 Å². The lowest BCUT2D eigenvalue weighted by atomic mass is 10.1. The van der Waals surface area contributed by atoms with Crippen LogP contribution in [0.5, 0.6) is 0 Å². The van der Waals surface area contributed by atoms with Gasteiger partial charge in [0, 0.05) is 6.54 Å². The second kappa shape index (κ2) is 7.22. The Labute approximate surface area is 92.2 Å². The van der Waals surface area contributed by atoms with Gasteiger partial charge in [-0.05, 0) is 24.4 Å². The van der Waals surface area contributed by atoms with Crippen LogP contribution in [0.1, 0.15) is 5.56 Å². The molecule has 0 heterocycles. The van der Waals surface area contributed by atoms with Crippen molar-refractivity contribution >= 4 is 12.4 Å². The molecule has 0 atom stereocenters. The second-order valence-electron chi connectivity index (χ2n) is 2.84. The molecule has 0 amide bonds. The number of benzene rings is 1. The minimum absolute atomic E-state index is 0. The number of halogens is 1. The molecular formula is C12H16ClN. The first-order chi connectivity index (χ1) is 6.36. The molecule has 0 saturated heterocycles. The first kappa shape index (κ1) is 12.8. The summed E-state index contributed by atoms with van der Waals surface area (Å²) in [5.41, 5.74) is 1.34. The molecule has 0 aliphatic rings. The van der Waals surface area contributed by atoms with Crippen molar-refractivity contribution in [2.75, 3.05) is 6.54 Å². The van der Waals surface area contributed by atoms with Gasteiger partial charge in [-0.1, -0.05) is 43.5 Å². The molecule has 1 nitrogen and oxygen atoms in total. The highest BCUT2D eigenvalue weighted by molar-refractivity contribution is 5.85. The highest BCUT2D eigenvalue weighted by Gasteiger charge is 1.94. The van der Waals surface area contributed by atoms with Crippen molar-refractivity contribution in [3.63, 3.8) is 0 Å². The third kappa shape index (κ3) is 4.15. The highest BCUT2D eigenvalue weighted by atomic mass is 35.5. The van der Waals surface area contributed by atoms with E-state index in [1.165, 1.54) is 5.56 Å². The van der Waals surface area contributed by atoms with Crippen molar-refractivity contribution in [2.24, 2.45) is 0 Å². The molecule has 0 spiro atoms. The van der Waals surface area contributed by atoms with E-state index in [9.17, 15) is 0 Å². The van der Waals surface area contributed by atoms with E-state index in [1.807, 2.05) is 11.0 Å². The normalized spacial score (nSPS) is 8.57. The van der Waals surface area contributed by atoms with Gasteiger partial charge in [0.15, 0.2) is 0 Å². The zero-order valence-corrected chi connectivity index (χ0v) is 9.04. The van der Waals surface area contributed by atoms with Crippen molar-refractivity contribution in [3.8, 4) is 0 Å². The lowest BCUT2D eigenvalue weighted by molar-refractivity contribution is 0.512. The van der Waals surface area contributed by atoms with Crippen LogP contribution in [0.3, 0.4) is 0 Å². The quantitative estimate of drug-likeness (QED) is 0.720. The third-order valence-corrected chi connectivity index (χ3v) is 1.97. The van der Waals surface area contributed by atoms with Gasteiger partial charge in [0.2, 0.25) is 0 Å². The van der Waals surface area contributed by atoms with E-state index in [-0.39, 0.29) is 12.4 Å². The maximum absolute atomic E-state index is 3.70. The van der Waals surface area contributed by atoms with Gasteiger partial charge >= 0.3 is 0 Å². The van der Waals surface area contributed by atoms with E-state index < -0.39 is 0 Å². The summed E-state index contributed by atoms with van der Waals surface area (Å²) in [5, 5.41) is 0. The monoisotopic (exact) mass is 209 g/mol. The van der Waals surface area contributed by atoms with Crippen LogP contribution in [0, 0.1) is 0 Å². The van der Waals surface area contributed by atoms with E-state index in [0.29, 0.717) is 0 Å². The lowest BCUT2D eigenvalue weighted by Gasteiger charge is -2.13. The Morgan fingerprint density at radius 2 is 1.64 bits per heavy atom. The first-order valence-electron chi connectivity index (χ1n) is 4.41. The van der Waals surface area contributed by atoms with Crippen LogP contribution < -0.4 is 0 Å². The molecule has 0 N–H and O–H groups in total. The Morgan fingerprint density at radius 3 is 2.14 bits per heavy atom. The number of rotatable bonds is 5. The van der Waals surface area contributed by atoms with E-state index in [0.717, 1.165) is 13.0 Å². The summed E-state index contributed by atoms with van der Waals surface area (Å²) in [7, 11) is 0. The molecule has 0 aromatic heterocycles. The molecule has 14 heavy (non-hydrogen) atoms. The molecular weight excluding hydrogens is 194 g/mol. The summed E-state index contributed by atoms with van der Waals surface area (Å²) in [6.07, 6.45) is 4.60. The molecule has 1 aromatic rings. The molecule has 2 heteroatoms. The van der Waals surface area contributed by atoms with E-state index in [4.69, 9.17) is 0 Å². The maximum Gasteiger partial charge on any atom is 0.0259 e. The molecule has 0 unspecified atom stereocenters. The van der Waals surface area contributed by atoms with Crippen molar-refractivity contribution in [2.45, 2.75) is 6.42 Å². The SMILES string of the molecule is C=CN(C=C)CCc1ccccc1.Cl. The molecule has 0 radical (unpaired) electrons. The van der Waals surface area contributed by atoms with E-state index >= 15 is 0 Å². The summed E-state index contributed by atoms with van der Waals surface area (Å²) in [6.45, 7) is 8.34. The van der Waals surface area contributed by atoms with Crippen molar-refractivity contribution in [1.82, 2.24) is 4.90 Å². The van der Waals surface area contributed by atoms with Crippen LogP contribution in [0.15, 0.2) is 55.9 Å². The molecule has 1 aromatic carbocycles. The van der Waals surface area contributed by atoms with Crippen LogP contribution in [0.4, 0.5) is 0 Å². The topological polar surface area (TPSA) is 3.24 Å². The maximum atomic E-state index is 3.70. The van der Waals surface area contributed by atoms with Gasteiger partial charge < -0.3 is 4.90 Å². The van der Waals surface area contributed by atoms with Crippen LogP contribution >= 0.6 is 12.4 Å². The fourth-order valence-corrected chi connectivity index (χ4v) is 1.16. The average Bonchev–Trinajstić information content (AvgIpc) is 2.21. The van der Waals surface area contributed by atoms with Crippen molar-refractivity contribution in [3.05, 3.63) is 61.5 Å². The summed E-state index contributed by atoms with van der Waals surface area (Å²) >= 11 is 0. The predicted molar refractivity (Wildman–Crippen MR) is 64.5 cm³/mol. The predicted octanol–water partition coefficient (Wildman–Crippen LogP) is 3.24. The molecule has 0 aliphatic heterocycles. The minimum atomic E-state index is 0. The van der Waals surface area contributed by atoms with Crippen LogP contribution in [-0.2, 0) is 6.42 Å². The van der Waals surface area contributed by atoms with Gasteiger partial charge in [0.05, 0.1) is 0 Å². The van der Waals surface area contributed by atoms with Gasteiger partial charge in [-0.3, -0.25) is 0 Å². The van der Waals surface area contributed by atoms with Crippen LogP contribution in [-0.4, -0.2) is 11.4 Å². The Morgan fingerprint density at radius 1 is 1.07 bits per heavy atom. The number of nitrogens with zero attached hydrogens (tertiary/aromatic N) is 1. The van der Waals surface area contributed by atoms with Gasteiger partial charge in [-0.25, -0.2) is 0 Å². The van der Waals surface area contributed by atoms with Gasteiger partial charge in [-0.15, -0.1) is 12.4 Å². The van der Waals surface area contributed by atoms with Crippen molar-refractivity contribution in [1.29, 1.82) is 0 Å². The summed E-state index contributed by atoms with van der Waals surface area (Å²) < 4.78 is 0. The van der Waals surface area contributed by atoms with Gasteiger partial charge in [0.1, 0.15) is 0 Å². The molecule has 76 valence electrons. The molecule has 1 rings (SSSR count). The summed E-state index contributed by atoms with van der Waals surface area (Å²) in [4.78, 5) is 1.98. The molecule has 0 fully saturated rings. The minimum Gasteiger partial charge on any atom is -0.355 e. The fourth-order valence-electron chi connectivity index (χ4n) is 1.16. The molecule has 0 bridgehead atoms.